The molecule has 2 aromatic rings. The van der Waals surface area contributed by atoms with E-state index >= 15 is 0 Å². The van der Waals surface area contributed by atoms with Gasteiger partial charge in [0, 0.05) is 17.9 Å². The summed E-state index contributed by atoms with van der Waals surface area (Å²) in [5.41, 5.74) is 3.24. The number of ether oxygens (including phenoxy) is 1. The maximum Gasteiger partial charge on any atom is 0.227 e. The molecule has 1 amide bonds. The second-order valence-corrected chi connectivity index (χ2v) is 5.32. The molecule has 0 aromatic heterocycles. The Bertz CT molecular complexity index is 641. The number of nitrogens with one attached hydrogen (secondary N) is 2. The highest BCUT2D eigenvalue weighted by molar-refractivity contribution is 5.92. The van der Waals surface area contributed by atoms with Crippen molar-refractivity contribution in [2.75, 3.05) is 23.8 Å². The third-order valence-corrected chi connectivity index (χ3v) is 3.71. The molecule has 1 heterocycles. The van der Waals surface area contributed by atoms with Crippen molar-refractivity contribution in [3.63, 3.8) is 0 Å². The van der Waals surface area contributed by atoms with Crippen molar-refractivity contribution in [2.24, 2.45) is 0 Å². The van der Waals surface area contributed by atoms with Gasteiger partial charge in [0.25, 0.3) is 0 Å². The number of benzene rings is 2. The fourth-order valence-corrected chi connectivity index (χ4v) is 2.62. The molecule has 0 saturated carbocycles. The van der Waals surface area contributed by atoms with Crippen LogP contribution < -0.4 is 15.4 Å². The van der Waals surface area contributed by atoms with Gasteiger partial charge in [0.2, 0.25) is 5.91 Å². The summed E-state index contributed by atoms with van der Waals surface area (Å²) in [5, 5.41) is 6.36. The number of rotatable bonds is 5. The van der Waals surface area contributed by atoms with E-state index in [9.17, 15) is 4.79 Å². The summed E-state index contributed by atoms with van der Waals surface area (Å²) >= 11 is 0. The molecule has 0 spiro atoms. The second-order valence-electron chi connectivity index (χ2n) is 5.32. The van der Waals surface area contributed by atoms with Gasteiger partial charge in [-0.2, -0.15) is 0 Å². The Hall–Kier alpha value is -2.49. The Kier molecular flexibility index (Phi) is 4.59. The van der Waals surface area contributed by atoms with Crippen LogP contribution in [0.25, 0.3) is 0 Å². The van der Waals surface area contributed by atoms with E-state index in [2.05, 4.69) is 16.7 Å². The molecule has 0 unspecified atom stereocenters. The van der Waals surface area contributed by atoms with Gasteiger partial charge in [-0.1, -0.05) is 24.3 Å². The molecule has 0 radical (unpaired) electrons. The third kappa shape index (κ3) is 3.58. The largest absolute Gasteiger partial charge is 0.493 e. The average molecular weight is 296 g/mol. The predicted octanol–water partition coefficient (Wildman–Crippen LogP) is 3.45. The van der Waals surface area contributed by atoms with Crippen LogP contribution in [0.3, 0.4) is 0 Å². The minimum Gasteiger partial charge on any atom is -0.493 e. The van der Waals surface area contributed by atoms with E-state index < -0.39 is 0 Å². The van der Waals surface area contributed by atoms with E-state index in [0.717, 1.165) is 36.5 Å². The molecule has 4 heteroatoms. The van der Waals surface area contributed by atoms with Gasteiger partial charge < -0.3 is 15.4 Å². The zero-order valence-corrected chi connectivity index (χ0v) is 12.5. The van der Waals surface area contributed by atoms with E-state index in [1.54, 1.807) is 0 Å². The number of hydrogen-bond donors (Lipinski definition) is 2. The van der Waals surface area contributed by atoms with Crippen LogP contribution in [0.4, 0.5) is 11.4 Å². The number of hydrogen-bond acceptors (Lipinski definition) is 3. The number of amides is 1. The first-order valence-corrected chi connectivity index (χ1v) is 7.66. The van der Waals surface area contributed by atoms with E-state index in [1.807, 2.05) is 42.5 Å². The van der Waals surface area contributed by atoms with Crippen molar-refractivity contribution in [3.8, 4) is 5.75 Å². The van der Waals surface area contributed by atoms with Crippen LogP contribution in [-0.4, -0.2) is 19.1 Å². The molecule has 114 valence electrons. The van der Waals surface area contributed by atoms with Crippen molar-refractivity contribution >= 4 is 17.3 Å². The number of carbonyl (C=O) groups is 1. The first-order valence-electron chi connectivity index (χ1n) is 7.66. The summed E-state index contributed by atoms with van der Waals surface area (Å²) in [7, 11) is 0. The molecule has 22 heavy (non-hydrogen) atoms. The smallest absolute Gasteiger partial charge is 0.227 e. The van der Waals surface area contributed by atoms with Gasteiger partial charge in [-0.3, -0.25) is 4.79 Å². The molecule has 4 nitrogen and oxygen atoms in total. The monoisotopic (exact) mass is 296 g/mol. The first kappa shape index (κ1) is 14.4. The van der Waals surface area contributed by atoms with Crippen LogP contribution >= 0.6 is 0 Å². The van der Waals surface area contributed by atoms with Gasteiger partial charge in [0.05, 0.1) is 13.0 Å². The maximum atomic E-state index is 12.1. The van der Waals surface area contributed by atoms with Crippen molar-refractivity contribution < 1.29 is 9.53 Å². The standard InChI is InChI=1S/C18H20N2O2/c21-18(11-13-22-14-6-2-1-3-7-14)20-17-10-4-9-16-15(17)8-5-12-19-16/h1-4,6-7,9-10,19H,5,8,11-13H2,(H,20,21). The van der Waals surface area contributed by atoms with Crippen LogP contribution in [0, 0.1) is 0 Å². The van der Waals surface area contributed by atoms with Gasteiger partial charge in [0.15, 0.2) is 0 Å². The fourth-order valence-electron chi connectivity index (χ4n) is 2.62. The lowest BCUT2D eigenvalue weighted by molar-refractivity contribution is -0.116. The normalized spacial score (nSPS) is 12.9. The number of carbonyl (C=O) groups excluding carboxylic acids is 1. The van der Waals surface area contributed by atoms with Crippen molar-refractivity contribution in [2.45, 2.75) is 19.3 Å². The van der Waals surface area contributed by atoms with Crippen LogP contribution in [0.2, 0.25) is 0 Å². The molecule has 0 atom stereocenters. The Balaban J connectivity index is 1.54. The van der Waals surface area contributed by atoms with Crippen LogP contribution in [-0.2, 0) is 11.2 Å². The van der Waals surface area contributed by atoms with E-state index in [-0.39, 0.29) is 5.91 Å². The number of fused-ring (bicyclic) bond motifs is 1. The Morgan fingerprint density at radius 3 is 2.86 bits per heavy atom. The summed E-state index contributed by atoms with van der Waals surface area (Å²) in [6.45, 7) is 1.37. The minimum atomic E-state index is -0.0186. The molecule has 2 aromatic carbocycles. The predicted molar refractivity (Wildman–Crippen MR) is 88.4 cm³/mol. The highest BCUT2D eigenvalue weighted by Gasteiger charge is 2.14. The third-order valence-electron chi connectivity index (χ3n) is 3.71. The van der Waals surface area contributed by atoms with Gasteiger partial charge in [0.1, 0.15) is 5.75 Å². The van der Waals surface area contributed by atoms with Crippen molar-refractivity contribution in [1.82, 2.24) is 0 Å². The number of para-hydroxylation sites is 1. The van der Waals surface area contributed by atoms with Gasteiger partial charge in [-0.25, -0.2) is 0 Å². The first-order chi connectivity index (χ1) is 10.8. The van der Waals surface area contributed by atoms with E-state index in [0.29, 0.717) is 13.0 Å². The van der Waals surface area contributed by atoms with Crippen LogP contribution in [0.15, 0.2) is 48.5 Å². The molecule has 2 N–H and O–H groups in total. The quantitative estimate of drug-likeness (QED) is 0.888. The van der Waals surface area contributed by atoms with Crippen LogP contribution in [0.1, 0.15) is 18.4 Å². The SMILES string of the molecule is O=C(CCOc1ccccc1)Nc1cccc2c1CCCN2. The van der Waals surface area contributed by atoms with Gasteiger partial charge in [-0.15, -0.1) is 0 Å². The molecule has 1 aliphatic heterocycles. The lowest BCUT2D eigenvalue weighted by Crippen LogP contribution is -2.19. The molecule has 0 saturated heterocycles. The summed E-state index contributed by atoms with van der Waals surface area (Å²) in [5.74, 6) is 0.770. The number of anilines is 2. The lowest BCUT2D eigenvalue weighted by atomic mass is 10.0. The molecule has 0 bridgehead atoms. The van der Waals surface area contributed by atoms with Gasteiger partial charge in [-0.05, 0) is 42.7 Å². The van der Waals surface area contributed by atoms with Crippen LogP contribution in [0.5, 0.6) is 5.75 Å². The van der Waals surface area contributed by atoms with Gasteiger partial charge >= 0.3 is 0 Å². The lowest BCUT2D eigenvalue weighted by Gasteiger charge is -2.21. The fraction of sp³-hybridized carbons (Fsp3) is 0.278. The maximum absolute atomic E-state index is 12.1. The Morgan fingerprint density at radius 2 is 2.00 bits per heavy atom. The molecule has 1 aliphatic rings. The summed E-state index contributed by atoms with van der Waals surface area (Å²) in [6, 6.07) is 15.5. The zero-order valence-electron chi connectivity index (χ0n) is 12.5. The van der Waals surface area contributed by atoms with Crippen molar-refractivity contribution in [3.05, 3.63) is 54.1 Å². The summed E-state index contributed by atoms with van der Waals surface area (Å²) in [6.07, 6.45) is 2.43. The molecular formula is C18H20N2O2. The highest BCUT2D eigenvalue weighted by atomic mass is 16.5. The Labute approximate surface area is 130 Å². The highest BCUT2D eigenvalue weighted by Crippen LogP contribution is 2.28. The topological polar surface area (TPSA) is 50.4 Å². The molecule has 0 aliphatic carbocycles. The van der Waals surface area contributed by atoms with E-state index in [1.165, 1.54) is 5.56 Å². The minimum absolute atomic E-state index is 0.0186. The zero-order chi connectivity index (χ0) is 15.2. The summed E-state index contributed by atoms with van der Waals surface area (Å²) in [4.78, 5) is 12.1. The second kappa shape index (κ2) is 6.98. The molecule has 3 rings (SSSR count). The van der Waals surface area contributed by atoms with E-state index in [4.69, 9.17) is 4.74 Å². The molecular weight excluding hydrogens is 276 g/mol. The molecule has 0 fully saturated rings. The average Bonchev–Trinajstić information content (AvgIpc) is 2.56. The Morgan fingerprint density at radius 1 is 1.14 bits per heavy atom. The summed E-state index contributed by atoms with van der Waals surface area (Å²) < 4.78 is 5.55. The van der Waals surface area contributed by atoms with Crippen molar-refractivity contribution in [1.29, 1.82) is 0 Å².